The summed E-state index contributed by atoms with van der Waals surface area (Å²) in [5.41, 5.74) is -0.467. The molecule has 0 aromatic carbocycles. The van der Waals surface area contributed by atoms with Gasteiger partial charge in [0, 0.05) is 58.8 Å². The average molecular weight is 348 g/mol. The third-order valence-corrected chi connectivity index (χ3v) is 4.81. The Hall–Kier alpha value is -2.06. The largest absolute Gasteiger partial charge is 0.385 e. The molecule has 1 unspecified atom stereocenters. The Bertz CT molecular complexity index is 604. The van der Waals surface area contributed by atoms with Gasteiger partial charge in [-0.1, -0.05) is 0 Å². The predicted octanol–water partition coefficient (Wildman–Crippen LogP) is 0.347. The van der Waals surface area contributed by atoms with Crippen LogP contribution in [-0.4, -0.2) is 83.7 Å². The van der Waals surface area contributed by atoms with Gasteiger partial charge in [-0.2, -0.15) is 0 Å². The van der Waals surface area contributed by atoms with Crippen molar-refractivity contribution in [1.29, 1.82) is 0 Å². The van der Waals surface area contributed by atoms with Gasteiger partial charge in [-0.25, -0.2) is 9.97 Å². The molecule has 3 heterocycles. The van der Waals surface area contributed by atoms with E-state index < -0.39 is 5.54 Å². The molecule has 0 saturated carbocycles. The Kier molecular flexibility index (Phi) is 5.60. The molecule has 1 aromatic rings. The first kappa shape index (κ1) is 17.8. The van der Waals surface area contributed by atoms with Crippen LogP contribution in [0.4, 0.5) is 0 Å². The van der Waals surface area contributed by atoms with Crippen LogP contribution in [0.1, 0.15) is 29.9 Å². The lowest BCUT2D eigenvalue weighted by Gasteiger charge is -2.40. The zero-order chi connectivity index (χ0) is 17.7. The van der Waals surface area contributed by atoms with Crippen LogP contribution >= 0.6 is 0 Å². The maximum Gasteiger partial charge on any atom is 0.291 e. The lowest BCUT2D eigenvalue weighted by molar-refractivity contribution is -0.136. The second-order valence-electron chi connectivity index (χ2n) is 6.47. The van der Waals surface area contributed by atoms with Crippen molar-refractivity contribution in [3.05, 3.63) is 24.3 Å². The molecular weight excluding hydrogens is 324 g/mol. The minimum absolute atomic E-state index is 0.0610. The van der Waals surface area contributed by atoms with E-state index in [-0.39, 0.29) is 17.6 Å². The summed E-state index contributed by atoms with van der Waals surface area (Å²) in [7, 11) is 1.65. The molecule has 8 nitrogen and oxygen atoms in total. The molecule has 2 amide bonds. The second kappa shape index (κ2) is 7.88. The van der Waals surface area contributed by atoms with E-state index in [2.05, 4.69) is 9.97 Å². The SMILES string of the molecule is COCCCN1C(=O)CCN(C(=O)c2ncccn2)CC12CCOC2. The van der Waals surface area contributed by atoms with E-state index in [1.165, 1.54) is 0 Å². The van der Waals surface area contributed by atoms with Crippen molar-refractivity contribution in [2.75, 3.05) is 46.6 Å². The predicted molar refractivity (Wildman–Crippen MR) is 88.9 cm³/mol. The Morgan fingerprint density at radius 1 is 1.40 bits per heavy atom. The van der Waals surface area contributed by atoms with Crippen molar-refractivity contribution in [3.63, 3.8) is 0 Å². The fourth-order valence-corrected chi connectivity index (χ4v) is 3.54. The summed E-state index contributed by atoms with van der Waals surface area (Å²) in [6.45, 7) is 3.07. The normalized spacial score (nSPS) is 24.0. The molecule has 1 aromatic heterocycles. The molecule has 2 aliphatic heterocycles. The molecule has 2 aliphatic rings. The maximum atomic E-state index is 12.8. The first-order valence-electron chi connectivity index (χ1n) is 8.60. The van der Waals surface area contributed by atoms with Crippen molar-refractivity contribution in [1.82, 2.24) is 19.8 Å². The van der Waals surface area contributed by atoms with Gasteiger partial charge in [0.05, 0.1) is 12.1 Å². The van der Waals surface area contributed by atoms with E-state index in [1.807, 2.05) is 4.90 Å². The van der Waals surface area contributed by atoms with E-state index in [1.54, 1.807) is 30.5 Å². The van der Waals surface area contributed by atoms with Gasteiger partial charge in [0.25, 0.3) is 5.91 Å². The van der Waals surface area contributed by atoms with Gasteiger partial charge in [-0.15, -0.1) is 0 Å². The van der Waals surface area contributed by atoms with E-state index >= 15 is 0 Å². The minimum Gasteiger partial charge on any atom is -0.385 e. The molecule has 2 saturated heterocycles. The summed E-state index contributed by atoms with van der Waals surface area (Å²) < 4.78 is 10.7. The van der Waals surface area contributed by atoms with Crippen LogP contribution in [-0.2, 0) is 14.3 Å². The lowest BCUT2D eigenvalue weighted by Crippen LogP contribution is -2.57. The Morgan fingerprint density at radius 2 is 2.20 bits per heavy atom. The summed E-state index contributed by atoms with van der Waals surface area (Å²) in [4.78, 5) is 37.2. The number of rotatable bonds is 5. The topological polar surface area (TPSA) is 84.9 Å². The molecule has 136 valence electrons. The highest BCUT2D eigenvalue weighted by Crippen LogP contribution is 2.31. The molecule has 25 heavy (non-hydrogen) atoms. The Labute approximate surface area is 147 Å². The van der Waals surface area contributed by atoms with Crippen molar-refractivity contribution < 1.29 is 19.1 Å². The molecule has 1 atom stereocenters. The highest BCUT2D eigenvalue weighted by Gasteiger charge is 2.47. The summed E-state index contributed by atoms with van der Waals surface area (Å²) in [5, 5.41) is 0. The number of hydrogen-bond acceptors (Lipinski definition) is 6. The average Bonchev–Trinajstić information content (AvgIpc) is 3.06. The van der Waals surface area contributed by atoms with Crippen LogP contribution < -0.4 is 0 Å². The standard InChI is InChI=1S/C17H24N4O4/c1-24-10-3-8-21-14(22)4-9-20(12-17(21)5-11-25-13-17)16(23)15-18-6-2-7-19-15/h2,6-7H,3-5,8-13H2,1H3. The molecule has 1 spiro atoms. The number of carbonyl (C=O) groups excluding carboxylic acids is 2. The van der Waals surface area contributed by atoms with Crippen LogP contribution in [0.15, 0.2) is 18.5 Å². The minimum atomic E-state index is -0.467. The second-order valence-corrected chi connectivity index (χ2v) is 6.47. The Morgan fingerprint density at radius 3 is 2.88 bits per heavy atom. The first-order chi connectivity index (χ1) is 12.2. The monoisotopic (exact) mass is 348 g/mol. The number of ether oxygens (including phenoxy) is 2. The van der Waals surface area contributed by atoms with E-state index in [0.717, 1.165) is 12.8 Å². The summed E-state index contributed by atoms with van der Waals surface area (Å²) in [6.07, 6.45) is 4.89. The van der Waals surface area contributed by atoms with Gasteiger partial charge in [0.1, 0.15) is 0 Å². The van der Waals surface area contributed by atoms with E-state index in [0.29, 0.717) is 45.9 Å². The van der Waals surface area contributed by atoms with Crippen LogP contribution in [0.3, 0.4) is 0 Å². The highest BCUT2D eigenvalue weighted by atomic mass is 16.5. The number of carbonyl (C=O) groups is 2. The van der Waals surface area contributed by atoms with Gasteiger partial charge in [-0.3, -0.25) is 9.59 Å². The van der Waals surface area contributed by atoms with Gasteiger partial charge < -0.3 is 19.3 Å². The molecular formula is C17H24N4O4. The third kappa shape index (κ3) is 3.80. The zero-order valence-electron chi connectivity index (χ0n) is 14.5. The van der Waals surface area contributed by atoms with Crippen molar-refractivity contribution in [2.24, 2.45) is 0 Å². The maximum absolute atomic E-state index is 12.8. The summed E-state index contributed by atoms with van der Waals surface area (Å²) in [6, 6.07) is 1.67. The third-order valence-electron chi connectivity index (χ3n) is 4.81. The molecule has 0 aliphatic carbocycles. The number of amides is 2. The van der Waals surface area contributed by atoms with Gasteiger partial charge in [-0.05, 0) is 18.9 Å². The molecule has 8 heteroatoms. The first-order valence-corrected chi connectivity index (χ1v) is 8.60. The molecule has 0 N–H and O–H groups in total. The smallest absolute Gasteiger partial charge is 0.291 e. The van der Waals surface area contributed by atoms with E-state index in [4.69, 9.17) is 9.47 Å². The van der Waals surface area contributed by atoms with Gasteiger partial charge in [0.15, 0.2) is 0 Å². The molecule has 2 fully saturated rings. The fourth-order valence-electron chi connectivity index (χ4n) is 3.54. The van der Waals surface area contributed by atoms with E-state index in [9.17, 15) is 9.59 Å². The number of hydrogen-bond donors (Lipinski definition) is 0. The van der Waals surface area contributed by atoms with Gasteiger partial charge in [0.2, 0.25) is 11.7 Å². The fraction of sp³-hybridized carbons (Fsp3) is 0.647. The number of methoxy groups -OCH3 is 1. The van der Waals surface area contributed by atoms with Gasteiger partial charge >= 0.3 is 0 Å². The quantitative estimate of drug-likeness (QED) is 0.714. The van der Waals surface area contributed by atoms with Crippen molar-refractivity contribution >= 4 is 11.8 Å². The summed E-state index contributed by atoms with van der Waals surface area (Å²) >= 11 is 0. The number of nitrogens with zero attached hydrogens (tertiary/aromatic N) is 4. The summed E-state index contributed by atoms with van der Waals surface area (Å²) in [5.74, 6) is -0.0128. The van der Waals surface area contributed by atoms with Crippen molar-refractivity contribution in [3.8, 4) is 0 Å². The van der Waals surface area contributed by atoms with Crippen molar-refractivity contribution in [2.45, 2.75) is 24.8 Å². The lowest BCUT2D eigenvalue weighted by atomic mass is 9.95. The highest BCUT2D eigenvalue weighted by molar-refractivity contribution is 5.91. The molecule has 0 bridgehead atoms. The van der Waals surface area contributed by atoms with Crippen LogP contribution in [0, 0.1) is 0 Å². The Balaban J connectivity index is 1.81. The zero-order valence-corrected chi connectivity index (χ0v) is 14.5. The number of aromatic nitrogens is 2. The van der Waals surface area contributed by atoms with Crippen LogP contribution in [0.2, 0.25) is 0 Å². The molecule has 3 rings (SSSR count). The van der Waals surface area contributed by atoms with Crippen LogP contribution in [0.5, 0.6) is 0 Å². The van der Waals surface area contributed by atoms with Crippen LogP contribution in [0.25, 0.3) is 0 Å². The molecule has 0 radical (unpaired) electrons.